The van der Waals surface area contributed by atoms with Crippen LogP contribution < -0.4 is 4.74 Å². The molecule has 0 aromatic heterocycles. The standard InChI is InChI=1S/C23H21ClO4S/c1-14-7-8-22(29(25,26)27-3)20(10-14)21-13-17-9-15(2)11-19(23(17)28-21)16-5-4-6-18(24)12-16/h4-12,21H,13H2,1-3H3. The SMILES string of the molecule is COS(=O)(=O)c1ccc(C)cc1C1Cc2cc(C)cc(-c3cccc(Cl)c3)c2O1. The van der Waals surface area contributed by atoms with E-state index in [0.29, 0.717) is 17.0 Å². The van der Waals surface area contributed by atoms with Crippen molar-refractivity contribution < 1.29 is 17.3 Å². The lowest BCUT2D eigenvalue weighted by Gasteiger charge is -2.17. The van der Waals surface area contributed by atoms with Gasteiger partial charge >= 0.3 is 0 Å². The highest BCUT2D eigenvalue weighted by molar-refractivity contribution is 7.86. The van der Waals surface area contributed by atoms with E-state index >= 15 is 0 Å². The van der Waals surface area contributed by atoms with Crippen LogP contribution in [-0.2, 0) is 20.7 Å². The minimum absolute atomic E-state index is 0.143. The van der Waals surface area contributed by atoms with Gasteiger partial charge in [0, 0.05) is 22.6 Å². The molecule has 0 bridgehead atoms. The first kappa shape index (κ1) is 20.0. The average molecular weight is 429 g/mol. The first-order valence-electron chi connectivity index (χ1n) is 9.26. The first-order valence-corrected chi connectivity index (χ1v) is 11.0. The molecule has 1 heterocycles. The quantitative estimate of drug-likeness (QED) is 0.505. The summed E-state index contributed by atoms with van der Waals surface area (Å²) in [6, 6.07) is 17.0. The predicted octanol–water partition coefficient (Wildman–Crippen LogP) is 5.64. The Morgan fingerprint density at radius 2 is 1.83 bits per heavy atom. The summed E-state index contributed by atoms with van der Waals surface area (Å²) in [6.07, 6.45) is 0.171. The third kappa shape index (κ3) is 3.78. The van der Waals surface area contributed by atoms with Crippen LogP contribution in [0.15, 0.2) is 59.5 Å². The van der Waals surface area contributed by atoms with E-state index in [9.17, 15) is 8.42 Å². The van der Waals surface area contributed by atoms with E-state index in [1.807, 2.05) is 44.2 Å². The summed E-state index contributed by atoms with van der Waals surface area (Å²) < 4.78 is 36.0. The van der Waals surface area contributed by atoms with Crippen LogP contribution in [0.5, 0.6) is 5.75 Å². The molecule has 0 N–H and O–H groups in total. The Balaban J connectivity index is 1.82. The van der Waals surface area contributed by atoms with Gasteiger partial charge in [-0.1, -0.05) is 47.5 Å². The molecule has 6 heteroatoms. The maximum Gasteiger partial charge on any atom is 0.297 e. The van der Waals surface area contributed by atoms with Gasteiger partial charge < -0.3 is 4.74 Å². The van der Waals surface area contributed by atoms with E-state index < -0.39 is 16.2 Å². The van der Waals surface area contributed by atoms with Gasteiger partial charge in [0.2, 0.25) is 0 Å². The zero-order valence-corrected chi connectivity index (χ0v) is 18.0. The molecule has 0 aliphatic carbocycles. The lowest BCUT2D eigenvalue weighted by atomic mass is 9.96. The molecule has 3 aromatic rings. The number of fused-ring (bicyclic) bond motifs is 1. The lowest BCUT2D eigenvalue weighted by Crippen LogP contribution is -2.12. The Kier molecular flexibility index (Phi) is 5.15. The lowest BCUT2D eigenvalue weighted by molar-refractivity contribution is 0.235. The van der Waals surface area contributed by atoms with Gasteiger partial charge in [0.15, 0.2) is 0 Å². The Morgan fingerprint density at radius 1 is 1.03 bits per heavy atom. The third-order valence-corrected chi connectivity index (χ3v) is 6.70. The Labute approximate surface area is 176 Å². The maximum atomic E-state index is 12.5. The van der Waals surface area contributed by atoms with Crippen molar-refractivity contribution in [3.63, 3.8) is 0 Å². The number of hydrogen-bond acceptors (Lipinski definition) is 4. The summed E-state index contributed by atoms with van der Waals surface area (Å²) in [6.45, 7) is 3.96. The van der Waals surface area contributed by atoms with Crippen molar-refractivity contribution in [3.8, 4) is 16.9 Å². The second kappa shape index (κ2) is 7.48. The van der Waals surface area contributed by atoms with Gasteiger partial charge in [-0.3, -0.25) is 4.18 Å². The van der Waals surface area contributed by atoms with Gasteiger partial charge in [-0.05, 0) is 54.8 Å². The van der Waals surface area contributed by atoms with Crippen LogP contribution in [-0.4, -0.2) is 15.5 Å². The van der Waals surface area contributed by atoms with Crippen LogP contribution in [0, 0.1) is 13.8 Å². The highest BCUT2D eigenvalue weighted by Gasteiger charge is 2.32. The van der Waals surface area contributed by atoms with Crippen molar-refractivity contribution in [2.75, 3.05) is 7.11 Å². The first-order chi connectivity index (χ1) is 13.8. The average Bonchev–Trinajstić information content (AvgIpc) is 3.11. The molecule has 4 rings (SSSR count). The maximum absolute atomic E-state index is 12.5. The molecule has 0 saturated heterocycles. The van der Waals surface area contributed by atoms with E-state index in [0.717, 1.165) is 33.6 Å². The summed E-state index contributed by atoms with van der Waals surface area (Å²) >= 11 is 6.19. The number of halogens is 1. The molecule has 3 aromatic carbocycles. The molecule has 0 spiro atoms. The minimum atomic E-state index is -3.84. The van der Waals surface area contributed by atoms with Crippen LogP contribution in [0.1, 0.15) is 28.4 Å². The van der Waals surface area contributed by atoms with Gasteiger partial charge in [-0.2, -0.15) is 8.42 Å². The van der Waals surface area contributed by atoms with Crippen LogP contribution in [0.2, 0.25) is 5.02 Å². The van der Waals surface area contributed by atoms with E-state index in [-0.39, 0.29) is 4.90 Å². The molecule has 1 aliphatic heterocycles. The van der Waals surface area contributed by atoms with Crippen molar-refractivity contribution in [2.45, 2.75) is 31.3 Å². The second-order valence-electron chi connectivity index (χ2n) is 7.28. The van der Waals surface area contributed by atoms with E-state index in [4.69, 9.17) is 20.5 Å². The molecule has 0 fully saturated rings. The summed E-state index contributed by atoms with van der Waals surface area (Å²) in [5, 5.41) is 0.652. The fourth-order valence-electron chi connectivity index (χ4n) is 3.80. The molecule has 1 unspecified atom stereocenters. The molecule has 1 aliphatic rings. The van der Waals surface area contributed by atoms with Crippen molar-refractivity contribution in [1.82, 2.24) is 0 Å². The van der Waals surface area contributed by atoms with Crippen molar-refractivity contribution in [3.05, 3.63) is 81.9 Å². The van der Waals surface area contributed by atoms with Gasteiger partial charge in [-0.15, -0.1) is 0 Å². The molecule has 0 amide bonds. The summed E-state index contributed by atoms with van der Waals surface area (Å²) in [5.74, 6) is 0.769. The van der Waals surface area contributed by atoms with Crippen molar-refractivity contribution in [1.29, 1.82) is 0 Å². The van der Waals surface area contributed by atoms with E-state index in [1.54, 1.807) is 12.1 Å². The predicted molar refractivity (Wildman–Crippen MR) is 114 cm³/mol. The van der Waals surface area contributed by atoms with Crippen molar-refractivity contribution in [2.24, 2.45) is 0 Å². The van der Waals surface area contributed by atoms with Gasteiger partial charge in [-0.25, -0.2) is 0 Å². The Hall–Kier alpha value is -2.34. The largest absolute Gasteiger partial charge is 0.484 e. The minimum Gasteiger partial charge on any atom is -0.484 e. The van der Waals surface area contributed by atoms with E-state index in [1.165, 1.54) is 7.11 Å². The number of benzene rings is 3. The molecule has 4 nitrogen and oxygen atoms in total. The number of aryl methyl sites for hydroxylation is 2. The fraction of sp³-hybridized carbons (Fsp3) is 0.217. The number of rotatable bonds is 4. The van der Waals surface area contributed by atoms with Crippen molar-refractivity contribution >= 4 is 21.7 Å². The van der Waals surface area contributed by atoms with Crippen LogP contribution in [0.4, 0.5) is 0 Å². The molecule has 1 atom stereocenters. The summed E-state index contributed by atoms with van der Waals surface area (Å²) in [7, 11) is -2.67. The van der Waals surface area contributed by atoms with Gasteiger partial charge in [0.1, 0.15) is 16.7 Å². The van der Waals surface area contributed by atoms with Crippen LogP contribution >= 0.6 is 11.6 Å². The molecule has 150 valence electrons. The zero-order chi connectivity index (χ0) is 20.8. The molecule has 0 saturated carbocycles. The Bertz CT molecular complexity index is 1200. The molecular weight excluding hydrogens is 408 g/mol. The Morgan fingerprint density at radius 3 is 2.55 bits per heavy atom. The highest BCUT2D eigenvalue weighted by atomic mass is 35.5. The second-order valence-corrected chi connectivity index (χ2v) is 9.40. The van der Waals surface area contributed by atoms with Gasteiger partial charge in [0.25, 0.3) is 10.1 Å². The molecule has 29 heavy (non-hydrogen) atoms. The highest BCUT2D eigenvalue weighted by Crippen LogP contribution is 2.45. The van der Waals surface area contributed by atoms with Gasteiger partial charge in [0.05, 0.1) is 7.11 Å². The normalized spacial score (nSPS) is 15.8. The smallest absolute Gasteiger partial charge is 0.297 e. The monoisotopic (exact) mass is 428 g/mol. The molecule has 0 radical (unpaired) electrons. The fourth-order valence-corrected chi connectivity index (χ4v) is 4.89. The number of ether oxygens (including phenoxy) is 1. The zero-order valence-electron chi connectivity index (χ0n) is 16.4. The summed E-state index contributed by atoms with van der Waals surface area (Å²) in [5.41, 5.74) is 5.64. The molecular formula is C23H21ClO4S. The topological polar surface area (TPSA) is 52.6 Å². The third-order valence-electron chi connectivity index (χ3n) is 5.11. The van der Waals surface area contributed by atoms with E-state index in [2.05, 4.69) is 12.1 Å². The number of hydrogen-bond donors (Lipinski definition) is 0. The summed E-state index contributed by atoms with van der Waals surface area (Å²) in [4.78, 5) is 0.143. The van der Waals surface area contributed by atoms with Crippen LogP contribution in [0.3, 0.4) is 0 Å². The van der Waals surface area contributed by atoms with Crippen LogP contribution in [0.25, 0.3) is 11.1 Å².